The number of carbonyl (C=O) groups excluding carboxylic acids is 1. The van der Waals surface area contributed by atoms with Gasteiger partial charge in [0.25, 0.3) is 11.7 Å². The van der Waals surface area contributed by atoms with E-state index in [2.05, 4.69) is 25.4 Å². The first-order valence-electron chi connectivity index (χ1n) is 6.70. The van der Waals surface area contributed by atoms with Crippen molar-refractivity contribution in [3.63, 3.8) is 0 Å². The van der Waals surface area contributed by atoms with E-state index in [0.717, 1.165) is 16.3 Å². The third-order valence-electron chi connectivity index (χ3n) is 3.13. The molecule has 23 heavy (non-hydrogen) atoms. The SMILES string of the molecule is Cc1ccnc2nc(C(=O)Nc3nc(-c4cccs4)cs3)nn12. The third-order valence-corrected chi connectivity index (χ3v) is 4.78. The van der Waals surface area contributed by atoms with Gasteiger partial charge in [0.05, 0.1) is 10.6 Å². The maximum Gasteiger partial charge on any atom is 0.297 e. The fourth-order valence-corrected chi connectivity index (χ4v) is 3.49. The summed E-state index contributed by atoms with van der Waals surface area (Å²) in [7, 11) is 0. The number of aromatic nitrogens is 5. The number of aryl methyl sites for hydroxylation is 1. The minimum absolute atomic E-state index is 0.0691. The van der Waals surface area contributed by atoms with Gasteiger partial charge in [-0.15, -0.1) is 27.8 Å². The van der Waals surface area contributed by atoms with Crippen LogP contribution in [0.4, 0.5) is 5.13 Å². The molecule has 7 nitrogen and oxygen atoms in total. The zero-order valence-electron chi connectivity index (χ0n) is 11.9. The van der Waals surface area contributed by atoms with Gasteiger partial charge < -0.3 is 0 Å². The quantitative estimate of drug-likeness (QED) is 0.619. The van der Waals surface area contributed by atoms with Crippen LogP contribution in [0, 0.1) is 6.92 Å². The fraction of sp³-hybridized carbons (Fsp3) is 0.0714. The van der Waals surface area contributed by atoms with Gasteiger partial charge in [-0.25, -0.2) is 14.5 Å². The van der Waals surface area contributed by atoms with Crippen molar-refractivity contribution in [3.8, 4) is 10.6 Å². The summed E-state index contributed by atoms with van der Waals surface area (Å²) in [6, 6.07) is 5.76. The van der Waals surface area contributed by atoms with Gasteiger partial charge in [-0.2, -0.15) is 4.98 Å². The summed E-state index contributed by atoms with van der Waals surface area (Å²) in [6.07, 6.45) is 1.63. The molecule has 0 radical (unpaired) electrons. The van der Waals surface area contributed by atoms with Gasteiger partial charge >= 0.3 is 0 Å². The molecule has 0 spiro atoms. The molecule has 0 aromatic carbocycles. The number of hydrogen-bond acceptors (Lipinski definition) is 7. The lowest BCUT2D eigenvalue weighted by Crippen LogP contribution is -2.13. The second kappa shape index (κ2) is 5.52. The second-order valence-electron chi connectivity index (χ2n) is 4.70. The molecule has 1 N–H and O–H groups in total. The second-order valence-corrected chi connectivity index (χ2v) is 6.51. The number of thiophene rings is 1. The highest BCUT2D eigenvalue weighted by Gasteiger charge is 2.16. The van der Waals surface area contributed by atoms with E-state index in [1.165, 1.54) is 15.9 Å². The topological polar surface area (TPSA) is 85.1 Å². The number of nitrogens with zero attached hydrogens (tertiary/aromatic N) is 5. The van der Waals surface area contributed by atoms with E-state index in [0.29, 0.717) is 10.9 Å². The van der Waals surface area contributed by atoms with Crippen LogP contribution in [-0.2, 0) is 0 Å². The minimum atomic E-state index is -0.401. The molecule has 0 unspecified atom stereocenters. The van der Waals surface area contributed by atoms with E-state index in [4.69, 9.17) is 0 Å². The number of rotatable bonds is 3. The van der Waals surface area contributed by atoms with Crippen LogP contribution < -0.4 is 5.32 Å². The van der Waals surface area contributed by atoms with Gasteiger partial charge in [0.15, 0.2) is 5.13 Å². The number of thiazole rings is 1. The molecular weight excluding hydrogens is 332 g/mol. The van der Waals surface area contributed by atoms with Crippen molar-refractivity contribution in [2.24, 2.45) is 0 Å². The van der Waals surface area contributed by atoms with Crippen LogP contribution in [0.2, 0.25) is 0 Å². The smallest absolute Gasteiger partial charge is 0.295 e. The van der Waals surface area contributed by atoms with E-state index < -0.39 is 5.91 Å². The number of hydrogen-bond donors (Lipinski definition) is 1. The van der Waals surface area contributed by atoms with Crippen molar-refractivity contribution in [3.05, 3.63) is 46.7 Å². The lowest BCUT2D eigenvalue weighted by molar-refractivity contribution is 0.101. The zero-order valence-corrected chi connectivity index (χ0v) is 13.6. The molecule has 114 valence electrons. The molecule has 4 rings (SSSR count). The molecule has 4 aromatic heterocycles. The number of amides is 1. The van der Waals surface area contributed by atoms with E-state index in [1.54, 1.807) is 23.6 Å². The summed E-state index contributed by atoms with van der Waals surface area (Å²) in [6.45, 7) is 1.87. The number of carbonyl (C=O) groups is 1. The van der Waals surface area contributed by atoms with Gasteiger partial charge in [0, 0.05) is 17.3 Å². The van der Waals surface area contributed by atoms with Gasteiger partial charge in [0.1, 0.15) is 0 Å². The Morgan fingerprint density at radius 3 is 2.96 bits per heavy atom. The Kier molecular flexibility index (Phi) is 3.36. The minimum Gasteiger partial charge on any atom is -0.295 e. The van der Waals surface area contributed by atoms with Crippen LogP contribution >= 0.6 is 22.7 Å². The Hall–Kier alpha value is -2.65. The molecule has 0 bridgehead atoms. The number of nitrogens with one attached hydrogen (secondary N) is 1. The molecule has 0 aliphatic carbocycles. The first-order chi connectivity index (χ1) is 11.2. The third kappa shape index (κ3) is 2.60. The fourth-order valence-electron chi connectivity index (χ4n) is 2.02. The molecule has 4 aromatic rings. The van der Waals surface area contributed by atoms with E-state index in [-0.39, 0.29) is 5.82 Å². The Balaban J connectivity index is 1.58. The Labute approximate surface area is 138 Å². The van der Waals surface area contributed by atoms with E-state index >= 15 is 0 Å². The summed E-state index contributed by atoms with van der Waals surface area (Å²) in [5, 5.41) is 11.3. The van der Waals surface area contributed by atoms with Crippen LogP contribution in [0.25, 0.3) is 16.3 Å². The van der Waals surface area contributed by atoms with Gasteiger partial charge in [-0.1, -0.05) is 6.07 Å². The van der Waals surface area contributed by atoms with Crippen LogP contribution in [0.1, 0.15) is 16.3 Å². The van der Waals surface area contributed by atoms with Gasteiger partial charge in [-0.05, 0) is 24.4 Å². The molecule has 0 saturated heterocycles. The maximum atomic E-state index is 12.3. The zero-order chi connectivity index (χ0) is 15.8. The van der Waals surface area contributed by atoms with Crippen LogP contribution in [0.5, 0.6) is 0 Å². The summed E-state index contributed by atoms with van der Waals surface area (Å²) >= 11 is 2.97. The monoisotopic (exact) mass is 342 g/mol. The summed E-state index contributed by atoms with van der Waals surface area (Å²) < 4.78 is 1.54. The van der Waals surface area contributed by atoms with Crippen LogP contribution in [0.15, 0.2) is 35.2 Å². The largest absolute Gasteiger partial charge is 0.297 e. The van der Waals surface area contributed by atoms with E-state index in [9.17, 15) is 4.79 Å². The van der Waals surface area contributed by atoms with Gasteiger partial charge in [0.2, 0.25) is 5.82 Å². The van der Waals surface area contributed by atoms with Crippen LogP contribution in [0.3, 0.4) is 0 Å². The molecule has 9 heteroatoms. The van der Waals surface area contributed by atoms with Crippen LogP contribution in [-0.4, -0.2) is 30.5 Å². The highest BCUT2D eigenvalue weighted by Crippen LogP contribution is 2.28. The molecule has 1 amide bonds. The first kappa shape index (κ1) is 14.0. The van der Waals surface area contributed by atoms with Crippen molar-refractivity contribution in [2.75, 3.05) is 5.32 Å². The molecule has 0 fully saturated rings. The molecule has 0 aliphatic heterocycles. The molecule has 0 aliphatic rings. The van der Waals surface area contributed by atoms with Crippen molar-refractivity contribution in [1.82, 2.24) is 24.6 Å². The maximum absolute atomic E-state index is 12.3. The lowest BCUT2D eigenvalue weighted by Gasteiger charge is -1.96. The predicted octanol–water partition coefficient (Wildman–Crippen LogP) is 2.87. The molecule has 0 atom stereocenters. The molecule has 0 saturated carbocycles. The average molecular weight is 342 g/mol. The summed E-state index contributed by atoms with van der Waals surface area (Å²) in [5.41, 5.74) is 1.71. The predicted molar refractivity (Wildman–Crippen MR) is 88.9 cm³/mol. The summed E-state index contributed by atoms with van der Waals surface area (Å²) in [5.74, 6) is 0.0650. The Bertz CT molecular complexity index is 988. The van der Waals surface area contributed by atoms with E-state index in [1.807, 2.05) is 29.8 Å². The highest BCUT2D eigenvalue weighted by atomic mass is 32.1. The Morgan fingerprint density at radius 1 is 1.26 bits per heavy atom. The Morgan fingerprint density at radius 2 is 2.17 bits per heavy atom. The molecule has 4 heterocycles. The van der Waals surface area contributed by atoms with Crippen molar-refractivity contribution < 1.29 is 4.79 Å². The number of anilines is 1. The summed E-state index contributed by atoms with van der Waals surface area (Å²) in [4.78, 5) is 26.0. The first-order valence-corrected chi connectivity index (χ1v) is 8.46. The molecular formula is C14H10N6OS2. The van der Waals surface area contributed by atoms with Crippen molar-refractivity contribution in [2.45, 2.75) is 6.92 Å². The van der Waals surface area contributed by atoms with Crippen molar-refractivity contribution in [1.29, 1.82) is 0 Å². The standard InChI is InChI=1S/C14H10N6OS2/c1-8-4-5-15-13-17-11(19-20(8)13)12(21)18-14-16-9(7-23-14)10-3-2-6-22-10/h2-7H,1H3,(H,16,18,21). The van der Waals surface area contributed by atoms with Gasteiger partial charge in [-0.3, -0.25) is 10.1 Å². The average Bonchev–Trinajstić information content (AvgIpc) is 3.27. The normalized spacial score (nSPS) is 11.0. The highest BCUT2D eigenvalue weighted by molar-refractivity contribution is 7.16. The van der Waals surface area contributed by atoms with Crippen molar-refractivity contribution >= 4 is 39.5 Å². The lowest BCUT2D eigenvalue weighted by atomic mass is 10.4. The number of fused-ring (bicyclic) bond motifs is 1.